The van der Waals surface area contributed by atoms with E-state index in [0.717, 1.165) is 0 Å². The zero-order valence-corrected chi connectivity index (χ0v) is 12.8. The summed E-state index contributed by atoms with van der Waals surface area (Å²) in [6.07, 6.45) is 1.42. The summed E-state index contributed by atoms with van der Waals surface area (Å²) in [4.78, 5) is 25.3. The van der Waals surface area contributed by atoms with Crippen molar-refractivity contribution in [1.29, 1.82) is 0 Å². The summed E-state index contributed by atoms with van der Waals surface area (Å²) < 4.78 is 0. The first-order valence-corrected chi connectivity index (χ1v) is 7.90. The molecule has 1 saturated heterocycles. The molecule has 6 heteroatoms. The lowest BCUT2D eigenvalue weighted by molar-refractivity contribution is -0.133. The molecule has 1 aliphatic rings. The highest BCUT2D eigenvalue weighted by atomic mass is 32.2. The number of likely N-dealkylation sites (tertiary alicyclic amines) is 1. The van der Waals surface area contributed by atoms with Crippen molar-refractivity contribution in [3.63, 3.8) is 0 Å². The van der Waals surface area contributed by atoms with Crippen molar-refractivity contribution < 1.29 is 9.59 Å². The fourth-order valence-electron chi connectivity index (χ4n) is 2.00. The molecule has 1 heterocycles. The van der Waals surface area contributed by atoms with Crippen LogP contribution in [-0.2, 0) is 9.59 Å². The fraction of sp³-hybridized carbons (Fsp3) is 0.846. The van der Waals surface area contributed by atoms with Gasteiger partial charge in [0, 0.05) is 24.3 Å². The van der Waals surface area contributed by atoms with Crippen molar-refractivity contribution in [3.8, 4) is 0 Å². The molecule has 3 N–H and O–H groups in total. The van der Waals surface area contributed by atoms with Gasteiger partial charge in [0.2, 0.25) is 11.8 Å². The van der Waals surface area contributed by atoms with E-state index in [9.17, 15) is 9.59 Å². The molecule has 0 aromatic heterocycles. The second-order valence-corrected chi connectivity index (χ2v) is 6.79. The van der Waals surface area contributed by atoms with Crippen molar-refractivity contribution in [3.05, 3.63) is 0 Å². The van der Waals surface area contributed by atoms with E-state index in [2.05, 4.69) is 26.2 Å². The summed E-state index contributed by atoms with van der Waals surface area (Å²) in [7, 11) is 0. The number of rotatable bonds is 5. The molecular weight excluding hydrogens is 262 g/mol. The number of hydrazine groups is 1. The average molecular weight is 287 g/mol. The molecule has 0 aliphatic carbocycles. The lowest BCUT2D eigenvalue weighted by Crippen LogP contribution is -2.45. The summed E-state index contributed by atoms with van der Waals surface area (Å²) in [5.74, 6) is 6.26. The van der Waals surface area contributed by atoms with Crippen LogP contribution in [-0.4, -0.2) is 40.8 Å². The predicted molar refractivity (Wildman–Crippen MR) is 78.4 cm³/mol. The van der Waals surface area contributed by atoms with Gasteiger partial charge in [0.05, 0.1) is 5.75 Å². The molecule has 0 aromatic carbocycles. The predicted octanol–water partition coefficient (Wildman–Crippen LogP) is 0.993. The SMILES string of the molecule is CC(C)C(C)SCC(=O)N1CCC(C(=O)NN)CC1. The minimum atomic E-state index is -0.116. The number of hydrogen-bond donors (Lipinski definition) is 2. The van der Waals surface area contributed by atoms with Gasteiger partial charge >= 0.3 is 0 Å². The molecule has 1 fully saturated rings. The highest BCUT2D eigenvalue weighted by molar-refractivity contribution is 8.00. The zero-order valence-electron chi connectivity index (χ0n) is 12.0. The van der Waals surface area contributed by atoms with Crippen LogP contribution in [0.2, 0.25) is 0 Å². The Kier molecular flexibility index (Phi) is 6.65. The molecular formula is C13H25N3O2S. The van der Waals surface area contributed by atoms with E-state index in [-0.39, 0.29) is 17.7 Å². The quantitative estimate of drug-likeness (QED) is 0.449. The maximum atomic E-state index is 12.1. The van der Waals surface area contributed by atoms with Gasteiger partial charge in [-0.2, -0.15) is 0 Å². The number of carbonyl (C=O) groups is 2. The molecule has 1 atom stereocenters. The van der Waals surface area contributed by atoms with Gasteiger partial charge < -0.3 is 4.90 Å². The Morgan fingerprint density at radius 2 is 1.89 bits per heavy atom. The van der Waals surface area contributed by atoms with Crippen LogP contribution in [0.3, 0.4) is 0 Å². The number of carbonyl (C=O) groups excluding carboxylic acids is 2. The number of nitrogens with two attached hydrogens (primary N) is 1. The standard InChI is InChI=1S/C13H25N3O2S/c1-9(2)10(3)19-8-12(17)16-6-4-11(5-7-16)13(18)15-14/h9-11H,4-8,14H2,1-3H3,(H,15,18). The molecule has 5 nitrogen and oxygen atoms in total. The first-order chi connectivity index (χ1) is 8.95. The lowest BCUT2D eigenvalue weighted by Gasteiger charge is -2.31. The van der Waals surface area contributed by atoms with Gasteiger partial charge in [-0.05, 0) is 18.8 Å². The van der Waals surface area contributed by atoms with E-state index in [1.54, 1.807) is 11.8 Å². The van der Waals surface area contributed by atoms with Crippen molar-refractivity contribution in [2.24, 2.45) is 17.7 Å². The van der Waals surface area contributed by atoms with E-state index in [1.807, 2.05) is 4.90 Å². The van der Waals surface area contributed by atoms with Gasteiger partial charge in [-0.25, -0.2) is 5.84 Å². The fourth-order valence-corrected chi connectivity index (χ4v) is 2.97. The van der Waals surface area contributed by atoms with Crippen molar-refractivity contribution >= 4 is 23.6 Å². The van der Waals surface area contributed by atoms with Crippen LogP contribution in [0.25, 0.3) is 0 Å². The van der Waals surface area contributed by atoms with Crippen molar-refractivity contribution in [2.45, 2.75) is 38.9 Å². The van der Waals surface area contributed by atoms with Gasteiger partial charge in [0.1, 0.15) is 0 Å². The van der Waals surface area contributed by atoms with Crippen molar-refractivity contribution in [1.82, 2.24) is 10.3 Å². The summed E-state index contributed by atoms with van der Waals surface area (Å²) >= 11 is 1.71. The third-order valence-corrected chi connectivity index (χ3v) is 5.25. The van der Waals surface area contributed by atoms with Crippen LogP contribution in [0.4, 0.5) is 0 Å². The molecule has 1 unspecified atom stereocenters. The number of amides is 2. The molecule has 0 bridgehead atoms. The third-order valence-electron chi connectivity index (χ3n) is 3.77. The summed E-state index contributed by atoms with van der Waals surface area (Å²) in [5, 5.41) is 0.490. The minimum Gasteiger partial charge on any atom is -0.342 e. The minimum absolute atomic E-state index is 0.0451. The second-order valence-electron chi connectivity index (χ2n) is 5.42. The maximum absolute atomic E-state index is 12.1. The monoisotopic (exact) mass is 287 g/mol. The van der Waals surface area contributed by atoms with Gasteiger partial charge in [-0.1, -0.05) is 20.8 Å². The number of piperidine rings is 1. The van der Waals surface area contributed by atoms with Crippen LogP contribution in [0, 0.1) is 11.8 Å². The third kappa shape index (κ3) is 5.03. The molecule has 1 rings (SSSR count). The molecule has 0 saturated carbocycles. The molecule has 1 aliphatic heterocycles. The highest BCUT2D eigenvalue weighted by Crippen LogP contribution is 2.21. The summed E-state index contributed by atoms with van der Waals surface area (Å²) in [5.41, 5.74) is 2.18. The molecule has 0 aromatic rings. The van der Waals surface area contributed by atoms with E-state index >= 15 is 0 Å². The molecule has 19 heavy (non-hydrogen) atoms. The van der Waals surface area contributed by atoms with Crippen molar-refractivity contribution in [2.75, 3.05) is 18.8 Å². The second kappa shape index (κ2) is 7.75. The topological polar surface area (TPSA) is 75.4 Å². The smallest absolute Gasteiger partial charge is 0.237 e. The van der Waals surface area contributed by atoms with Gasteiger partial charge in [-0.15, -0.1) is 11.8 Å². The maximum Gasteiger partial charge on any atom is 0.237 e. The summed E-state index contributed by atoms with van der Waals surface area (Å²) in [6, 6.07) is 0. The number of hydrogen-bond acceptors (Lipinski definition) is 4. The Morgan fingerprint density at radius 3 is 2.37 bits per heavy atom. The van der Waals surface area contributed by atoms with Crippen LogP contribution in [0.15, 0.2) is 0 Å². The van der Waals surface area contributed by atoms with E-state index < -0.39 is 0 Å². The first kappa shape index (κ1) is 16.3. The van der Waals surface area contributed by atoms with Crippen LogP contribution in [0.1, 0.15) is 33.6 Å². The van der Waals surface area contributed by atoms with Gasteiger partial charge in [-0.3, -0.25) is 15.0 Å². The van der Waals surface area contributed by atoms with Crippen LogP contribution >= 0.6 is 11.8 Å². The molecule has 0 spiro atoms. The number of nitrogens with one attached hydrogen (secondary N) is 1. The van der Waals surface area contributed by atoms with Gasteiger partial charge in [0.15, 0.2) is 0 Å². The Balaban J connectivity index is 2.31. The Labute approximate surface area is 119 Å². The number of thioether (sulfide) groups is 1. The molecule has 110 valence electrons. The molecule has 2 amide bonds. The summed E-state index contributed by atoms with van der Waals surface area (Å²) in [6.45, 7) is 7.81. The largest absolute Gasteiger partial charge is 0.342 e. The Morgan fingerprint density at radius 1 is 1.32 bits per heavy atom. The molecule has 0 radical (unpaired) electrons. The van der Waals surface area contributed by atoms with Crippen LogP contribution in [0.5, 0.6) is 0 Å². The average Bonchev–Trinajstić information content (AvgIpc) is 2.43. The number of nitrogens with zero attached hydrogens (tertiary/aromatic N) is 1. The Hall–Kier alpha value is -0.750. The Bertz CT molecular complexity index is 315. The highest BCUT2D eigenvalue weighted by Gasteiger charge is 2.27. The van der Waals surface area contributed by atoms with E-state index in [4.69, 9.17) is 5.84 Å². The normalized spacial score (nSPS) is 18.5. The lowest BCUT2D eigenvalue weighted by atomic mass is 9.96. The van der Waals surface area contributed by atoms with Gasteiger partial charge in [0.25, 0.3) is 0 Å². The zero-order chi connectivity index (χ0) is 14.4. The van der Waals surface area contributed by atoms with E-state index in [1.165, 1.54) is 0 Å². The van der Waals surface area contributed by atoms with E-state index in [0.29, 0.717) is 42.9 Å². The first-order valence-electron chi connectivity index (χ1n) is 6.85. The van der Waals surface area contributed by atoms with Crippen LogP contribution < -0.4 is 11.3 Å².